The lowest BCUT2D eigenvalue weighted by molar-refractivity contribution is -0.136. The van der Waals surface area contributed by atoms with Gasteiger partial charge >= 0.3 is 11.9 Å². The predicted octanol–water partition coefficient (Wildman–Crippen LogP) is 4.33. The van der Waals surface area contributed by atoms with Gasteiger partial charge in [-0.2, -0.15) is 18.2 Å². The van der Waals surface area contributed by atoms with E-state index in [2.05, 4.69) is 10.3 Å². The number of halogens is 4. The Labute approximate surface area is 148 Å². The second-order valence-electron chi connectivity index (χ2n) is 5.79. The third-order valence-electron chi connectivity index (χ3n) is 4.20. The second kappa shape index (κ2) is 5.83. The monoisotopic (exact) mass is 377 g/mol. The van der Waals surface area contributed by atoms with Gasteiger partial charge in [-0.1, -0.05) is 6.07 Å². The summed E-state index contributed by atoms with van der Waals surface area (Å²) in [6.45, 7) is 0. The number of furan rings is 1. The average Bonchev–Trinajstić information content (AvgIpc) is 3.08. The molecule has 0 saturated heterocycles. The molecule has 2 heterocycles. The highest BCUT2D eigenvalue weighted by Crippen LogP contribution is 2.40. The Hall–Kier alpha value is -3.36. The van der Waals surface area contributed by atoms with Crippen molar-refractivity contribution >= 4 is 27.7 Å². The molecular formula is C18H11F4N3O2. The van der Waals surface area contributed by atoms with E-state index in [-0.39, 0.29) is 33.4 Å². The smallest absolute Gasteiger partial charge is 0.417 e. The van der Waals surface area contributed by atoms with Crippen LogP contribution in [0.4, 0.5) is 23.4 Å². The lowest BCUT2D eigenvalue weighted by Crippen LogP contribution is -2.23. The van der Waals surface area contributed by atoms with E-state index in [0.717, 1.165) is 29.0 Å². The number of hydrogen-bond acceptors (Lipinski definition) is 4. The molecular weight excluding hydrogens is 366 g/mol. The van der Waals surface area contributed by atoms with Gasteiger partial charge in [0, 0.05) is 12.4 Å². The van der Waals surface area contributed by atoms with Crippen molar-refractivity contribution in [2.75, 3.05) is 12.4 Å². The number of rotatable bonds is 2. The van der Waals surface area contributed by atoms with Gasteiger partial charge in [-0.3, -0.25) is 4.57 Å². The lowest BCUT2D eigenvalue weighted by Gasteiger charge is -2.16. The van der Waals surface area contributed by atoms with Crippen molar-refractivity contribution in [1.29, 1.82) is 0 Å². The summed E-state index contributed by atoms with van der Waals surface area (Å²) in [5.74, 6) is -0.573. The summed E-state index contributed by atoms with van der Waals surface area (Å²) in [5, 5.41) is 2.74. The highest BCUT2D eigenvalue weighted by atomic mass is 19.4. The molecule has 9 heteroatoms. The third-order valence-corrected chi connectivity index (χ3v) is 4.20. The largest absolute Gasteiger partial charge is 0.463 e. The molecule has 0 amide bonds. The molecule has 0 radical (unpaired) electrons. The fourth-order valence-corrected chi connectivity index (χ4v) is 3.11. The summed E-state index contributed by atoms with van der Waals surface area (Å²) in [4.78, 5) is 16.4. The highest BCUT2D eigenvalue weighted by molar-refractivity contribution is 6.10. The maximum atomic E-state index is 13.7. The van der Waals surface area contributed by atoms with Gasteiger partial charge in [-0.25, -0.2) is 9.18 Å². The first-order valence-electron chi connectivity index (χ1n) is 7.79. The van der Waals surface area contributed by atoms with E-state index in [9.17, 15) is 22.4 Å². The van der Waals surface area contributed by atoms with Gasteiger partial charge in [-0.05, 0) is 30.3 Å². The minimum atomic E-state index is -4.68. The lowest BCUT2D eigenvalue weighted by atomic mass is 10.1. The van der Waals surface area contributed by atoms with Crippen LogP contribution in [0.25, 0.3) is 27.6 Å². The van der Waals surface area contributed by atoms with E-state index in [1.54, 1.807) is 0 Å². The molecule has 4 aromatic rings. The molecule has 0 aliphatic heterocycles. The van der Waals surface area contributed by atoms with Crippen LogP contribution in [-0.2, 0) is 6.18 Å². The van der Waals surface area contributed by atoms with Crippen molar-refractivity contribution in [3.63, 3.8) is 0 Å². The number of anilines is 1. The predicted molar refractivity (Wildman–Crippen MR) is 91.6 cm³/mol. The number of aromatic nitrogens is 2. The number of benzene rings is 2. The van der Waals surface area contributed by atoms with Crippen LogP contribution < -0.4 is 11.0 Å². The summed E-state index contributed by atoms with van der Waals surface area (Å²) < 4.78 is 60.6. The number of nitrogens with one attached hydrogen (secondary N) is 1. The summed E-state index contributed by atoms with van der Waals surface area (Å²) >= 11 is 0. The summed E-state index contributed by atoms with van der Waals surface area (Å²) in [7, 11) is 1.49. The molecule has 0 fully saturated rings. The average molecular weight is 377 g/mol. The molecule has 0 bridgehead atoms. The Morgan fingerprint density at radius 1 is 1.19 bits per heavy atom. The van der Waals surface area contributed by atoms with Crippen molar-refractivity contribution in [3.8, 4) is 5.69 Å². The molecule has 0 unspecified atom stereocenters. The van der Waals surface area contributed by atoms with Crippen molar-refractivity contribution < 1.29 is 22.0 Å². The fourth-order valence-electron chi connectivity index (χ4n) is 3.11. The normalized spacial score (nSPS) is 12.0. The van der Waals surface area contributed by atoms with Crippen LogP contribution in [0.5, 0.6) is 0 Å². The molecule has 2 aromatic heterocycles. The minimum absolute atomic E-state index is 0.0548. The van der Waals surface area contributed by atoms with Crippen LogP contribution in [0.3, 0.4) is 0 Å². The van der Waals surface area contributed by atoms with Crippen LogP contribution in [0.1, 0.15) is 5.56 Å². The van der Waals surface area contributed by atoms with Gasteiger partial charge in [0.15, 0.2) is 0 Å². The second-order valence-corrected chi connectivity index (χ2v) is 5.79. The highest BCUT2D eigenvalue weighted by Gasteiger charge is 2.35. The number of alkyl halides is 3. The van der Waals surface area contributed by atoms with Crippen LogP contribution in [0.2, 0.25) is 0 Å². The zero-order valence-electron chi connectivity index (χ0n) is 13.8. The van der Waals surface area contributed by atoms with E-state index in [1.165, 1.54) is 25.2 Å². The molecule has 0 spiro atoms. The van der Waals surface area contributed by atoms with Crippen LogP contribution in [0.15, 0.2) is 51.9 Å². The van der Waals surface area contributed by atoms with Crippen LogP contribution >= 0.6 is 0 Å². The molecule has 27 heavy (non-hydrogen) atoms. The van der Waals surface area contributed by atoms with Gasteiger partial charge < -0.3 is 9.73 Å². The summed E-state index contributed by atoms with van der Waals surface area (Å²) in [6.07, 6.45) is -3.54. The van der Waals surface area contributed by atoms with Crippen molar-refractivity contribution in [3.05, 3.63) is 64.5 Å². The Bertz CT molecular complexity index is 1240. The number of hydrogen-bond donors (Lipinski definition) is 1. The SMILES string of the molecule is CNc1nc(=O)n(-c2cccc(F)c2)c2cc(C(F)(F)F)c3ccoc3c12. The van der Waals surface area contributed by atoms with Crippen LogP contribution in [0, 0.1) is 5.82 Å². The van der Waals surface area contributed by atoms with E-state index in [0.29, 0.717) is 0 Å². The topological polar surface area (TPSA) is 60.1 Å². The maximum Gasteiger partial charge on any atom is 0.417 e. The first-order valence-corrected chi connectivity index (χ1v) is 7.79. The molecule has 0 aliphatic carbocycles. The summed E-state index contributed by atoms with van der Waals surface area (Å²) in [5.41, 5.74) is -1.92. The third kappa shape index (κ3) is 2.62. The molecule has 138 valence electrons. The van der Waals surface area contributed by atoms with E-state index in [4.69, 9.17) is 4.42 Å². The maximum absolute atomic E-state index is 13.7. The Kier molecular flexibility index (Phi) is 3.69. The number of fused-ring (bicyclic) bond motifs is 3. The van der Waals surface area contributed by atoms with Gasteiger partial charge in [-0.15, -0.1) is 0 Å². The van der Waals surface area contributed by atoms with Crippen molar-refractivity contribution in [1.82, 2.24) is 9.55 Å². The fraction of sp³-hybridized carbons (Fsp3) is 0.111. The first-order chi connectivity index (χ1) is 12.8. The minimum Gasteiger partial charge on any atom is -0.463 e. The molecule has 5 nitrogen and oxygen atoms in total. The Balaban J connectivity index is 2.26. The molecule has 1 N–H and O–H groups in total. The zero-order chi connectivity index (χ0) is 19.3. The Morgan fingerprint density at radius 2 is 1.96 bits per heavy atom. The zero-order valence-corrected chi connectivity index (χ0v) is 13.8. The van der Waals surface area contributed by atoms with Crippen molar-refractivity contribution in [2.24, 2.45) is 0 Å². The van der Waals surface area contributed by atoms with Gasteiger partial charge in [0.1, 0.15) is 17.2 Å². The molecule has 2 aromatic carbocycles. The standard InChI is InChI=1S/C18H11F4N3O2/c1-23-16-14-13(8-12(18(20,21)22)11-5-6-27-15(11)14)25(17(26)24-16)10-4-2-3-9(19)7-10/h2-8H,1H3,(H,23,24,26). The Morgan fingerprint density at radius 3 is 2.63 bits per heavy atom. The first kappa shape index (κ1) is 17.1. The van der Waals surface area contributed by atoms with Gasteiger partial charge in [0.25, 0.3) is 0 Å². The molecule has 0 saturated carbocycles. The summed E-state index contributed by atoms with van der Waals surface area (Å²) in [6, 6.07) is 7.02. The van der Waals surface area contributed by atoms with E-state index < -0.39 is 23.2 Å². The van der Waals surface area contributed by atoms with Crippen molar-refractivity contribution in [2.45, 2.75) is 6.18 Å². The molecule has 4 rings (SSSR count). The number of nitrogens with zero attached hydrogens (tertiary/aromatic N) is 2. The molecule has 0 atom stereocenters. The van der Waals surface area contributed by atoms with E-state index >= 15 is 0 Å². The van der Waals surface area contributed by atoms with Crippen LogP contribution in [-0.4, -0.2) is 16.6 Å². The quantitative estimate of drug-likeness (QED) is 0.528. The van der Waals surface area contributed by atoms with Gasteiger partial charge in [0.05, 0.1) is 28.4 Å². The molecule has 0 aliphatic rings. The van der Waals surface area contributed by atoms with Gasteiger partial charge in [0.2, 0.25) is 0 Å². The van der Waals surface area contributed by atoms with E-state index in [1.807, 2.05) is 0 Å².